The molecule has 4 aromatic rings. The van der Waals surface area contributed by atoms with E-state index in [4.69, 9.17) is 47.3 Å². The maximum absolute atomic E-state index is 12.7. The summed E-state index contributed by atoms with van der Waals surface area (Å²) in [5.74, 6) is -0.123. The van der Waals surface area contributed by atoms with E-state index < -0.39 is 11.9 Å². The van der Waals surface area contributed by atoms with Gasteiger partial charge >= 0.3 is 5.97 Å². The molecule has 0 bridgehead atoms. The number of carbonyl (C=O) groups excluding carboxylic acids is 2. The van der Waals surface area contributed by atoms with E-state index in [2.05, 4.69) is 0 Å². The number of hydrogen-bond acceptors (Lipinski definition) is 9. The number of hydrogen-bond donors (Lipinski definition) is 1. The lowest BCUT2D eigenvalue weighted by Gasteiger charge is -2.15. The molecule has 0 aliphatic carbocycles. The van der Waals surface area contributed by atoms with Gasteiger partial charge in [-0.1, -0.05) is 37.0 Å². The summed E-state index contributed by atoms with van der Waals surface area (Å²) in [5, 5.41) is 11.4. The van der Waals surface area contributed by atoms with E-state index in [-0.39, 0.29) is 37.1 Å². The van der Waals surface area contributed by atoms with E-state index in [0.717, 1.165) is 32.5 Å². The van der Waals surface area contributed by atoms with Crippen molar-refractivity contribution in [1.29, 1.82) is 0 Å². The number of ether oxygens (including phenoxy) is 4. The summed E-state index contributed by atoms with van der Waals surface area (Å²) in [7, 11) is 3.07. The molecule has 12 heteroatoms. The second kappa shape index (κ2) is 14.8. The third kappa shape index (κ3) is 7.59. The second-order valence-electron chi connectivity index (χ2n) is 10.6. The fourth-order valence-electron chi connectivity index (χ4n) is 4.52. The molecule has 8 nitrogen and oxygen atoms in total. The molecule has 2 atom stereocenters. The molecule has 0 saturated carbocycles. The number of halogens is 2. The van der Waals surface area contributed by atoms with Crippen LogP contribution in [0.25, 0.3) is 20.2 Å². The van der Waals surface area contributed by atoms with Crippen LogP contribution in [0.15, 0.2) is 24.3 Å². The lowest BCUT2D eigenvalue weighted by molar-refractivity contribution is -0.141. The van der Waals surface area contributed by atoms with Gasteiger partial charge < -0.3 is 24.1 Å². The average Bonchev–Trinajstić information content (AvgIpc) is 3.61. The van der Waals surface area contributed by atoms with Crippen LogP contribution in [-0.4, -0.2) is 50.1 Å². The molecule has 1 N–H and O–H groups in total. The van der Waals surface area contributed by atoms with Crippen molar-refractivity contribution in [1.82, 2.24) is 0 Å². The first-order chi connectivity index (χ1) is 20.9. The maximum atomic E-state index is 12.7. The molecule has 0 aliphatic rings. The van der Waals surface area contributed by atoms with E-state index in [0.29, 0.717) is 49.7 Å². The van der Waals surface area contributed by atoms with Crippen molar-refractivity contribution >= 4 is 83.6 Å². The highest BCUT2D eigenvalue weighted by atomic mass is 35.5. The van der Waals surface area contributed by atoms with Gasteiger partial charge in [0.05, 0.1) is 48.3 Å². The molecule has 2 aromatic carbocycles. The Kier molecular flexibility index (Phi) is 11.4. The first kappa shape index (κ1) is 33.8. The summed E-state index contributed by atoms with van der Waals surface area (Å²) < 4.78 is 24.9. The normalized spacial score (nSPS) is 12.7. The Morgan fingerprint density at radius 3 is 1.91 bits per heavy atom. The number of rotatable bonds is 16. The van der Waals surface area contributed by atoms with Gasteiger partial charge in [-0.15, -0.1) is 22.7 Å². The summed E-state index contributed by atoms with van der Waals surface area (Å²) >= 11 is 16.3. The SMILES string of the molecule is COc1cc2sc(CC[C@H](C)C(C)=O)cc2c(Cl)c1OCCCOc1c(OC)cc2sc(C(=O)C[C@H](C)C(=O)O)cc2c1Cl. The summed E-state index contributed by atoms with van der Waals surface area (Å²) in [6.45, 7) is 5.60. The Bertz CT molecular complexity index is 1690. The summed E-state index contributed by atoms with van der Waals surface area (Å²) in [5.41, 5.74) is 0. The van der Waals surface area contributed by atoms with Crippen LogP contribution in [0.2, 0.25) is 10.0 Å². The van der Waals surface area contributed by atoms with Crippen LogP contribution in [0.1, 0.15) is 54.6 Å². The van der Waals surface area contributed by atoms with Crippen molar-refractivity contribution in [2.75, 3.05) is 27.4 Å². The van der Waals surface area contributed by atoms with E-state index in [1.165, 1.54) is 25.4 Å². The zero-order valence-electron chi connectivity index (χ0n) is 25.1. The van der Waals surface area contributed by atoms with Crippen molar-refractivity contribution in [2.24, 2.45) is 11.8 Å². The molecule has 4 rings (SSSR count). The van der Waals surface area contributed by atoms with Gasteiger partial charge in [0.1, 0.15) is 5.78 Å². The van der Waals surface area contributed by atoms with Gasteiger partial charge in [0.25, 0.3) is 0 Å². The first-order valence-corrected chi connectivity index (χ1v) is 16.4. The molecule has 0 radical (unpaired) electrons. The number of aryl methyl sites for hydroxylation is 1. The Hall–Kier alpha value is -3.05. The van der Waals surface area contributed by atoms with Crippen molar-refractivity contribution in [3.05, 3.63) is 44.1 Å². The fourth-order valence-corrected chi connectivity index (χ4v) is 7.40. The molecule has 0 amide bonds. The lowest BCUT2D eigenvalue weighted by Crippen LogP contribution is -2.13. The molecule has 0 saturated heterocycles. The molecule has 0 spiro atoms. The number of Topliss-reactive ketones (excluding diaryl/α,β-unsaturated/α-hetero) is 2. The number of carboxylic acids is 1. The zero-order valence-corrected chi connectivity index (χ0v) is 28.2. The van der Waals surface area contributed by atoms with E-state index in [1.54, 1.807) is 37.5 Å². The number of carboxylic acid groups (broad SMARTS) is 1. The van der Waals surface area contributed by atoms with Crippen LogP contribution in [0, 0.1) is 11.8 Å². The number of carbonyl (C=O) groups is 3. The van der Waals surface area contributed by atoms with E-state index in [9.17, 15) is 14.4 Å². The Labute approximate surface area is 273 Å². The van der Waals surface area contributed by atoms with Gasteiger partial charge in [0.2, 0.25) is 0 Å². The van der Waals surface area contributed by atoms with Crippen LogP contribution in [0.4, 0.5) is 0 Å². The van der Waals surface area contributed by atoms with Crippen LogP contribution in [0.3, 0.4) is 0 Å². The average molecular weight is 682 g/mol. The smallest absolute Gasteiger partial charge is 0.306 e. The Morgan fingerprint density at radius 2 is 1.39 bits per heavy atom. The van der Waals surface area contributed by atoms with Crippen molar-refractivity contribution in [2.45, 2.75) is 46.5 Å². The molecule has 0 fully saturated rings. The first-order valence-electron chi connectivity index (χ1n) is 14.1. The van der Waals surface area contributed by atoms with Crippen LogP contribution in [0.5, 0.6) is 23.0 Å². The number of aliphatic carboxylic acids is 1. The minimum absolute atomic E-state index is 0.00868. The molecule has 2 heterocycles. The Morgan fingerprint density at radius 1 is 0.841 bits per heavy atom. The summed E-state index contributed by atoms with van der Waals surface area (Å²) in [6, 6.07) is 7.38. The van der Waals surface area contributed by atoms with Crippen LogP contribution >= 0.6 is 45.9 Å². The predicted molar refractivity (Wildman–Crippen MR) is 176 cm³/mol. The Balaban J connectivity index is 1.42. The highest BCUT2D eigenvalue weighted by Crippen LogP contribution is 2.46. The van der Waals surface area contributed by atoms with Crippen molar-refractivity contribution in [3.8, 4) is 23.0 Å². The van der Waals surface area contributed by atoms with E-state index in [1.807, 2.05) is 19.1 Å². The van der Waals surface area contributed by atoms with Gasteiger partial charge in [-0.25, -0.2) is 0 Å². The standard InChI is InChI=1S/C32H34Cl2O8S2/c1-16(18(3)35)7-8-19-12-20-25(43-19)14-23(39-4)30(28(20)33)41-9-6-10-42-31-24(40-5)15-26-21(29(31)34)13-27(44-26)22(36)11-17(2)32(37)38/h12-17H,6-11H2,1-5H3,(H,37,38)/t16-,17-/m0/s1. The minimum Gasteiger partial charge on any atom is -0.493 e. The molecular weight excluding hydrogens is 647 g/mol. The number of ketones is 2. The highest BCUT2D eigenvalue weighted by molar-refractivity contribution is 7.21. The van der Waals surface area contributed by atoms with Crippen LogP contribution < -0.4 is 18.9 Å². The van der Waals surface area contributed by atoms with Crippen molar-refractivity contribution < 1.29 is 38.4 Å². The molecule has 0 unspecified atom stereocenters. The van der Waals surface area contributed by atoms with Crippen LogP contribution in [-0.2, 0) is 16.0 Å². The molecule has 44 heavy (non-hydrogen) atoms. The van der Waals surface area contributed by atoms with Gasteiger partial charge in [0, 0.05) is 55.9 Å². The number of methoxy groups -OCH3 is 2. The quantitative estimate of drug-likeness (QED) is 0.0924. The summed E-state index contributed by atoms with van der Waals surface area (Å²) in [6.07, 6.45) is 1.96. The molecule has 0 aliphatic heterocycles. The summed E-state index contributed by atoms with van der Waals surface area (Å²) in [4.78, 5) is 37.0. The third-order valence-corrected chi connectivity index (χ3v) is 10.4. The predicted octanol–water partition coefficient (Wildman–Crippen LogP) is 8.74. The third-order valence-electron chi connectivity index (χ3n) is 7.34. The highest BCUT2D eigenvalue weighted by Gasteiger charge is 2.22. The maximum Gasteiger partial charge on any atom is 0.306 e. The number of fused-ring (bicyclic) bond motifs is 2. The molecule has 2 aromatic heterocycles. The zero-order chi connectivity index (χ0) is 32.1. The van der Waals surface area contributed by atoms with Gasteiger partial charge in [-0.2, -0.15) is 0 Å². The molecule has 236 valence electrons. The van der Waals surface area contributed by atoms with Gasteiger partial charge in [-0.05, 0) is 31.9 Å². The van der Waals surface area contributed by atoms with E-state index >= 15 is 0 Å². The second-order valence-corrected chi connectivity index (χ2v) is 13.6. The minimum atomic E-state index is -1.02. The topological polar surface area (TPSA) is 108 Å². The molecular formula is C32H34Cl2O8S2. The van der Waals surface area contributed by atoms with Gasteiger partial charge in [-0.3, -0.25) is 14.4 Å². The number of thiophene rings is 2. The van der Waals surface area contributed by atoms with Gasteiger partial charge in [0.15, 0.2) is 28.8 Å². The monoisotopic (exact) mass is 680 g/mol. The number of benzene rings is 2. The van der Waals surface area contributed by atoms with Crippen molar-refractivity contribution in [3.63, 3.8) is 0 Å². The fraction of sp³-hybridized carbons (Fsp3) is 0.406. The largest absolute Gasteiger partial charge is 0.493 e. The lowest BCUT2D eigenvalue weighted by atomic mass is 10.0.